The van der Waals surface area contributed by atoms with E-state index in [4.69, 9.17) is 23.2 Å². The van der Waals surface area contributed by atoms with Gasteiger partial charge in [0.25, 0.3) is 0 Å². The molecule has 0 aromatic heterocycles. The number of phenols is 1. The molecule has 0 aliphatic carbocycles. The Kier molecular flexibility index (Phi) is 4.91. The molecule has 0 saturated carbocycles. The number of aromatic hydroxyl groups is 1. The van der Waals surface area contributed by atoms with Crippen molar-refractivity contribution in [2.24, 2.45) is 0 Å². The second-order valence-electron chi connectivity index (χ2n) is 4.44. The molecule has 0 fully saturated rings. The maximum atomic E-state index is 12.4. The van der Waals surface area contributed by atoms with Gasteiger partial charge < -0.3 is 15.7 Å². The topological polar surface area (TPSA) is 61.4 Å². The first-order valence-corrected chi connectivity index (χ1v) is 6.85. The van der Waals surface area contributed by atoms with E-state index in [-0.39, 0.29) is 27.2 Å². The number of carbonyl (C=O) groups is 1. The fourth-order valence-corrected chi connectivity index (χ4v) is 2.16. The standard InChI is InChI=1S/C14H9Cl2F3N2O2/c15-10-5-9(6-11(16)12(10)22)21-13(23)20-8-3-1-7(2-4-8)14(17,18)19/h1-6,22H,(H2,20,21,23). The summed E-state index contributed by atoms with van der Waals surface area (Å²) in [5.74, 6) is -0.318. The number of alkyl halides is 3. The van der Waals surface area contributed by atoms with E-state index in [1.165, 1.54) is 12.1 Å². The molecule has 2 aromatic carbocycles. The summed E-state index contributed by atoms with van der Waals surface area (Å²) in [5.41, 5.74) is -0.436. The van der Waals surface area contributed by atoms with E-state index in [9.17, 15) is 23.1 Å². The largest absolute Gasteiger partial charge is 0.505 e. The van der Waals surface area contributed by atoms with Gasteiger partial charge in [-0.25, -0.2) is 4.79 Å². The predicted molar refractivity (Wildman–Crippen MR) is 82.2 cm³/mol. The zero-order chi connectivity index (χ0) is 17.2. The average molecular weight is 365 g/mol. The van der Waals surface area contributed by atoms with Crippen LogP contribution in [0.3, 0.4) is 0 Å². The van der Waals surface area contributed by atoms with Crippen molar-refractivity contribution in [1.29, 1.82) is 0 Å². The Balaban J connectivity index is 2.05. The van der Waals surface area contributed by atoms with Crippen LogP contribution in [0.25, 0.3) is 0 Å². The van der Waals surface area contributed by atoms with Crippen molar-refractivity contribution >= 4 is 40.6 Å². The van der Waals surface area contributed by atoms with Crippen LogP contribution in [-0.4, -0.2) is 11.1 Å². The Hall–Kier alpha value is -2.12. The van der Waals surface area contributed by atoms with Crippen molar-refractivity contribution in [3.63, 3.8) is 0 Å². The van der Waals surface area contributed by atoms with E-state index >= 15 is 0 Å². The van der Waals surface area contributed by atoms with E-state index in [1.807, 2.05) is 0 Å². The van der Waals surface area contributed by atoms with Gasteiger partial charge in [0.1, 0.15) is 0 Å². The molecule has 0 aliphatic heterocycles. The maximum absolute atomic E-state index is 12.4. The van der Waals surface area contributed by atoms with Crippen LogP contribution in [0.15, 0.2) is 36.4 Å². The molecule has 2 amide bonds. The second-order valence-corrected chi connectivity index (χ2v) is 5.26. The van der Waals surface area contributed by atoms with E-state index in [0.717, 1.165) is 24.3 Å². The van der Waals surface area contributed by atoms with Crippen LogP contribution in [0.2, 0.25) is 10.0 Å². The van der Waals surface area contributed by atoms with E-state index in [1.54, 1.807) is 0 Å². The number of amides is 2. The number of benzene rings is 2. The third kappa shape index (κ3) is 4.43. The summed E-state index contributed by atoms with van der Waals surface area (Å²) < 4.78 is 37.3. The van der Waals surface area contributed by atoms with Gasteiger partial charge in [-0.3, -0.25) is 0 Å². The van der Waals surface area contributed by atoms with Crippen LogP contribution in [0.1, 0.15) is 5.56 Å². The SMILES string of the molecule is O=C(Nc1ccc(C(F)(F)F)cc1)Nc1cc(Cl)c(O)c(Cl)c1. The first-order valence-electron chi connectivity index (χ1n) is 6.10. The molecule has 0 unspecified atom stereocenters. The number of phenolic OH excluding ortho intramolecular Hbond substituents is 1. The zero-order valence-electron chi connectivity index (χ0n) is 11.2. The zero-order valence-corrected chi connectivity index (χ0v) is 12.7. The number of carbonyl (C=O) groups excluding carboxylic acids is 1. The molecule has 0 atom stereocenters. The van der Waals surface area contributed by atoms with Crippen molar-refractivity contribution < 1.29 is 23.1 Å². The molecule has 0 heterocycles. The number of halogens is 5. The third-order valence-corrected chi connectivity index (χ3v) is 3.32. The minimum Gasteiger partial charge on any atom is -0.505 e. The van der Waals surface area contributed by atoms with E-state index in [2.05, 4.69) is 10.6 Å². The van der Waals surface area contributed by atoms with Crippen molar-refractivity contribution in [3.8, 4) is 5.75 Å². The lowest BCUT2D eigenvalue weighted by molar-refractivity contribution is -0.137. The molecule has 122 valence electrons. The molecule has 0 spiro atoms. The number of hydrogen-bond acceptors (Lipinski definition) is 2. The Labute approximate surface area is 138 Å². The van der Waals surface area contributed by atoms with Gasteiger partial charge in [-0.05, 0) is 36.4 Å². The molecule has 3 N–H and O–H groups in total. The summed E-state index contributed by atoms with van der Waals surface area (Å²) in [7, 11) is 0. The Bertz CT molecular complexity index is 711. The van der Waals surface area contributed by atoms with Crippen molar-refractivity contribution in [2.45, 2.75) is 6.18 Å². The number of anilines is 2. The molecule has 0 saturated heterocycles. The van der Waals surface area contributed by atoms with Crippen LogP contribution < -0.4 is 10.6 Å². The summed E-state index contributed by atoms with van der Waals surface area (Å²) in [5, 5.41) is 14.0. The van der Waals surface area contributed by atoms with Crippen LogP contribution in [0.5, 0.6) is 5.75 Å². The first-order chi connectivity index (χ1) is 10.7. The fraction of sp³-hybridized carbons (Fsp3) is 0.0714. The van der Waals surface area contributed by atoms with Crippen molar-refractivity contribution in [3.05, 3.63) is 52.0 Å². The smallest absolute Gasteiger partial charge is 0.416 e. The molecule has 9 heteroatoms. The summed E-state index contributed by atoms with van der Waals surface area (Å²) in [6.07, 6.45) is -4.44. The minimum absolute atomic E-state index is 0.0534. The molecule has 23 heavy (non-hydrogen) atoms. The summed E-state index contributed by atoms with van der Waals surface area (Å²) in [6, 6.07) is 5.79. The van der Waals surface area contributed by atoms with Gasteiger partial charge in [0.15, 0.2) is 5.75 Å². The van der Waals surface area contributed by atoms with Gasteiger partial charge in [0.2, 0.25) is 0 Å². The highest BCUT2D eigenvalue weighted by Gasteiger charge is 2.29. The third-order valence-electron chi connectivity index (χ3n) is 2.74. The Morgan fingerprint density at radius 1 is 0.957 bits per heavy atom. The quantitative estimate of drug-likeness (QED) is 0.628. The lowest BCUT2D eigenvalue weighted by Gasteiger charge is -2.10. The van der Waals surface area contributed by atoms with E-state index < -0.39 is 17.8 Å². The summed E-state index contributed by atoms with van der Waals surface area (Å²) in [6.45, 7) is 0. The van der Waals surface area contributed by atoms with Gasteiger partial charge >= 0.3 is 12.2 Å². The first kappa shape index (κ1) is 17.2. The number of hydrogen-bond donors (Lipinski definition) is 3. The van der Waals surface area contributed by atoms with Gasteiger partial charge in [0.05, 0.1) is 15.6 Å². The summed E-state index contributed by atoms with van der Waals surface area (Å²) >= 11 is 11.4. The lowest BCUT2D eigenvalue weighted by atomic mass is 10.2. The van der Waals surface area contributed by atoms with Crippen LogP contribution in [-0.2, 0) is 6.18 Å². The minimum atomic E-state index is -4.44. The molecule has 0 radical (unpaired) electrons. The van der Waals surface area contributed by atoms with Gasteiger partial charge in [-0.15, -0.1) is 0 Å². The average Bonchev–Trinajstić information content (AvgIpc) is 2.44. The molecule has 0 bridgehead atoms. The van der Waals surface area contributed by atoms with Crippen LogP contribution in [0.4, 0.5) is 29.3 Å². The van der Waals surface area contributed by atoms with E-state index in [0.29, 0.717) is 0 Å². The monoisotopic (exact) mass is 364 g/mol. The number of nitrogens with one attached hydrogen (secondary N) is 2. The molecule has 4 nitrogen and oxygen atoms in total. The van der Waals surface area contributed by atoms with Crippen molar-refractivity contribution in [1.82, 2.24) is 0 Å². The molecular formula is C14H9Cl2F3N2O2. The second kappa shape index (κ2) is 6.55. The normalized spacial score (nSPS) is 11.2. The highest BCUT2D eigenvalue weighted by molar-refractivity contribution is 6.37. The van der Waals surface area contributed by atoms with Crippen molar-refractivity contribution in [2.75, 3.05) is 10.6 Å². The molecule has 0 aliphatic rings. The summed E-state index contributed by atoms with van der Waals surface area (Å²) in [4.78, 5) is 11.8. The van der Waals surface area contributed by atoms with Gasteiger partial charge in [0, 0.05) is 11.4 Å². The molecular weight excluding hydrogens is 356 g/mol. The highest BCUT2D eigenvalue weighted by atomic mass is 35.5. The van der Waals surface area contributed by atoms with Gasteiger partial charge in [-0.2, -0.15) is 13.2 Å². The van der Waals surface area contributed by atoms with Crippen LogP contribution >= 0.6 is 23.2 Å². The maximum Gasteiger partial charge on any atom is 0.416 e. The Morgan fingerprint density at radius 3 is 1.91 bits per heavy atom. The number of urea groups is 1. The highest BCUT2D eigenvalue weighted by Crippen LogP contribution is 2.34. The number of rotatable bonds is 2. The van der Waals surface area contributed by atoms with Crippen LogP contribution in [0, 0.1) is 0 Å². The molecule has 2 aromatic rings. The van der Waals surface area contributed by atoms with Gasteiger partial charge in [-0.1, -0.05) is 23.2 Å². The lowest BCUT2D eigenvalue weighted by Crippen LogP contribution is -2.19. The predicted octanol–water partition coefficient (Wildman–Crippen LogP) is 5.36. The Morgan fingerprint density at radius 2 is 1.43 bits per heavy atom. The fourth-order valence-electron chi connectivity index (χ4n) is 1.67. The molecule has 2 rings (SSSR count).